The van der Waals surface area contributed by atoms with Gasteiger partial charge in [-0.05, 0) is 63.9 Å². The standard InChI is InChI=1S/C18H27NO/c1-19(2)14-13-17-10-5-6-11-18(17,20)12-9-15-7-3-4-8-16(15)17/h3-4,7-8,20H,5-6,9-14H2,1-2H3. The maximum atomic E-state index is 11.4. The van der Waals surface area contributed by atoms with Crippen LogP contribution in [-0.4, -0.2) is 36.2 Å². The largest absolute Gasteiger partial charge is 0.389 e. The van der Waals surface area contributed by atoms with Crippen molar-refractivity contribution in [2.24, 2.45) is 0 Å². The van der Waals surface area contributed by atoms with Gasteiger partial charge in [0, 0.05) is 5.41 Å². The van der Waals surface area contributed by atoms with Crippen LogP contribution in [0.15, 0.2) is 24.3 Å². The topological polar surface area (TPSA) is 23.5 Å². The highest BCUT2D eigenvalue weighted by molar-refractivity contribution is 5.41. The Balaban J connectivity index is 2.05. The Bertz CT molecular complexity index is 484. The molecule has 1 fully saturated rings. The highest BCUT2D eigenvalue weighted by atomic mass is 16.3. The summed E-state index contributed by atoms with van der Waals surface area (Å²) in [7, 11) is 4.26. The molecule has 0 bridgehead atoms. The van der Waals surface area contributed by atoms with E-state index in [1.165, 1.54) is 24.0 Å². The molecule has 2 atom stereocenters. The molecule has 1 N–H and O–H groups in total. The molecule has 2 aliphatic rings. The van der Waals surface area contributed by atoms with E-state index in [4.69, 9.17) is 0 Å². The average Bonchev–Trinajstić information content (AvgIpc) is 2.45. The van der Waals surface area contributed by atoms with Gasteiger partial charge in [-0.25, -0.2) is 0 Å². The lowest BCUT2D eigenvalue weighted by atomic mass is 9.53. The predicted molar refractivity (Wildman–Crippen MR) is 83.0 cm³/mol. The molecule has 2 aliphatic carbocycles. The lowest BCUT2D eigenvalue weighted by Gasteiger charge is -2.55. The van der Waals surface area contributed by atoms with Gasteiger partial charge < -0.3 is 10.0 Å². The number of aliphatic hydroxyl groups is 1. The fourth-order valence-corrected chi connectivity index (χ4v) is 4.52. The molecular weight excluding hydrogens is 246 g/mol. The Kier molecular flexibility index (Phi) is 3.64. The van der Waals surface area contributed by atoms with Crippen LogP contribution in [0.5, 0.6) is 0 Å². The van der Waals surface area contributed by atoms with Crippen LogP contribution in [-0.2, 0) is 11.8 Å². The Hall–Kier alpha value is -0.860. The Morgan fingerprint density at radius 3 is 2.65 bits per heavy atom. The van der Waals surface area contributed by atoms with Gasteiger partial charge in [0.1, 0.15) is 0 Å². The molecule has 1 saturated carbocycles. The van der Waals surface area contributed by atoms with Gasteiger partial charge in [-0.3, -0.25) is 0 Å². The summed E-state index contributed by atoms with van der Waals surface area (Å²) >= 11 is 0. The summed E-state index contributed by atoms with van der Waals surface area (Å²) in [6, 6.07) is 8.84. The first-order valence-electron chi connectivity index (χ1n) is 8.03. The molecule has 2 unspecified atom stereocenters. The minimum absolute atomic E-state index is 0.00956. The van der Waals surface area contributed by atoms with E-state index < -0.39 is 5.60 Å². The zero-order chi connectivity index (χ0) is 14.2. The van der Waals surface area contributed by atoms with Crippen molar-refractivity contribution in [2.75, 3.05) is 20.6 Å². The number of benzene rings is 1. The Morgan fingerprint density at radius 2 is 1.85 bits per heavy atom. The number of nitrogens with zero attached hydrogens (tertiary/aromatic N) is 1. The summed E-state index contributed by atoms with van der Waals surface area (Å²) in [4.78, 5) is 2.25. The first-order valence-corrected chi connectivity index (χ1v) is 8.03. The van der Waals surface area contributed by atoms with E-state index in [0.29, 0.717) is 0 Å². The summed E-state index contributed by atoms with van der Waals surface area (Å²) in [5.74, 6) is 0. The van der Waals surface area contributed by atoms with Gasteiger partial charge in [0.2, 0.25) is 0 Å². The number of aryl methyl sites for hydroxylation is 1. The molecule has 0 amide bonds. The molecule has 0 aromatic heterocycles. The summed E-state index contributed by atoms with van der Waals surface area (Å²) < 4.78 is 0. The smallest absolute Gasteiger partial charge is 0.0747 e. The summed E-state index contributed by atoms with van der Waals surface area (Å²) in [5.41, 5.74) is 2.42. The molecule has 20 heavy (non-hydrogen) atoms. The van der Waals surface area contributed by atoms with E-state index in [1.54, 1.807) is 0 Å². The molecule has 1 aromatic carbocycles. The average molecular weight is 273 g/mol. The molecular formula is C18H27NO. The Morgan fingerprint density at radius 1 is 1.10 bits per heavy atom. The van der Waals surface area contributed by atoms with Crippen LogP contribution in [0.25, 0.3) is 0 Å². The van der Waals surface area contributed by atoms with E-state index >= 15 is 0 Å². The molecule has 2 nitrogen and oxygen atoms in total. The van der Waals surface area contributed by atoms with Crippen molar-refractivity contribution in [1.29, 1.82) is 0 Å². The maximum absolute atomic E-state index is 11.4. The summed E-state index contributed by atoms with van der Waals surface area (Å²) in [5, 5.41) is 11.4. The first-order chi connectivity index (χ1) is 9.57. The third kappa shape index (κ3) is 2.10. The monoisotopic (exact) mass is 273 g/mol. The van der Waals surface area contributed by atoms with E-state index in [0.717, 1.165) is 38.6 Å². The third-order valence-corrected chi connectivity index (χ3v) is 5.66. The second-order valence-electron chi connectivity index (χ2n) is 7.03. The second kappa shape index (κ2) is 5.16. The van der Waals surface area contributed by atoms with Crippen LogP contribution in [0.2, 0.25) is 0 Å². The summed E-state index contributed by atoms with van der Waals surface area (Å²) in [6.45, 7) is 1.05. The van der Waals surface area contributed by atoms with Gasteiger partial charge in [-0.1, -0.05) is 37.1 Å². The molecule has 110 valence electrons. The lowest BCUT2D eigenvalue weighted by Crippen LogP contribution is -2.57. The number of rotatable bonds is 3. The van der Waals surface area contributed by atoms with Gasteiger partial charge >= 0.3 is 0 Å². The van der Waals surface area contributed by atoms with Gasteiger partial charge in [0.25, 0.3) is 0 Å². The molecule has 0 radical (unpaired) electrons. The zero-order valence-corrected chi connectivity index (χ0v) is 12.9. The molecule has 2 heteroatoms. The number of hydrogen-bond donors (Lipinski definition) is 1. The summed E-state index contributed by atoms with van der Waals surface area (Å²) in [6.07, 6.45) is 7.62. The van der Waals surface area contributed by atoms with Crippen molar-refractivity contribution in [1.82, 2.24) is 4.90 Å². The minimum atomic E-state index is -0.477. The van der Waals surface area contributed by atoms with Crippen molar-refractivity contribution in [2.45, 2.75) is 56.0 Å². The van der Waals surface area contributed by atoms with E-state index in [-0.39, 0.29) is 5.41 Å². The van der Waals surface area contributed by atoms with Crippen LogP contribution >= 0.6 is 0 Å². The minimum Gasteiger partial charge on any atom is -0.389 e. The molecule has 3 rings (SSSR count). The third-order valence-electron chi connectivity index (χ3n) is 5.66. The van der Waals surface area contributed by atoms with Crippen LogP contribution in [0, 0.1) is 0 Å². The normalized spacial score (nSPS) is 32.8. The number of hydrogen-bond acceptors (Lipinski definition) is 2. The molecule has 0 aliphatic heterocycles. The first kappa shape index (κ1) is 14.1. The molecule has 0 saturated heterocycles. The van der Waals surface area contributed by atoms with Crippen LogP contribution < -0.4 is 0 Å². The quantitative estimate of drug-likeness (QED) is 0.914. The highest BCUT2D eigenvalue weighted by Crippen LogP contribution is 2.54. The molecule has 0 heterocycles. The fraction of sp³-hybridized carbons (Fsp3) is 0.667. The van der Waals surface area contributed by atoms with Crippen molar-refractivity contribution < 1.29 is 5.11 Å². The second-order valence-corrected chi connectivity index (χ2v) is 7.03. The predicted octanol–water partition coefficient (Wildman–Crippen LogP) is 3.13. The van der Waals surface area contributed by atoms with E-state index in [2.05, 4.69) is 43.3 Å². The van der Waals surface area contributed by atoms with Crippen LogP contribution in [0.4, 0.5) is 0 Å². The highest BCUT2D eigenvalue weighted by Gasteiger charge is 2.54. The van der Waals surface area contributed by atoms with Crippen molar-refractivity contribution in [3.63, 3.8) is 0 Å². The lowest BCUT2D eigenvalue weighted by molar-refractivity contribution is -0.0887. The number of fused-ring (bicyclic) bond motifs is 3. The molecule has 1 aromatic rings. The van der Waals surface area contributed by atoms with Gasteiger partial charge in [-0.2, -0.15) is 0 Å². The van der Waals surface area contributed by atoms with Crippen molar-refractivity contribution >= 4 is 0 Å². The maximum Gasteiger partial charge on any atom is 0.0747 e. The van der Waals surface area contributed by atoms with E-state index in [1.807, 2.05) is 0 Å². The van der Waals surface area contributed by atoms with Crippen LogP contribution in [0.3, 0.4) is 0 Å². The van der Waals surface area contributed by atoms with Crippen molar-refractivity contribution in [3.8, 4) is 0 Å². The van der Waals surface area contributed by atoms with Gasteiger partial charge in [0.05, 0.1) is 5.60 Å². The van der Waals surface area contributed by atoms with E-state index in [9.17, 15) is 5.11 Å². The zero-order valence-electron chi connectivity index (χ0n) is 12.9. The fourth-order valence-electron chi connectivity index (χ4n) is 4.52. The van der Waals surface area contributed by atoms with Gasteiger partial charge in [0.15, 0.2) is 0 Å². The molecule has 0 spiro atoms. The Labute approximate surface area is 122 Å². The van der Waals surface area contributed by atoms with Gasteiger partial charge in [-0.15, -0.1) is 0 Å². The van der Waals surface area contributed by atoms with Crippen molar-refractivity contribution in [3.05, 3.63) is 35.4 Å². The van der Waals surface area contributed by atoms with Crippen LogP contribution in [0.1, 0.15) is 49.7 Å². The SMILES string of the molecule is CN(C)CCC12CCCCC1(O)CCc1ccccc12.